The first-order chi connectivity index (χ1) is 9.59. The predicted octanol–water partition coefficient (Wildman–Crippen LogP) is 3.49. The van der Waals surface area contributed by atoms with Gasteiger partial charge in [0.2, 0.25) is 0 Å². The summed E-state index contributed by atoms with van der Waals surface area (Å²) in [6, 6.07) is 16.4. The van der Waals surface area contributed by atoms with Gasteiger partial charge in [-0.1, -0.05) is 41.9 Å². The van der Waals surface area contributed by atoms with Gasteiger partial charge in [-0.15, -0.1) is 0 Å². The van der Waals surface area contributed by atoms with Gasteiger partial charge in [0.15, 0.2) is 5.11 Å². The molecule has 2 rings (SSSR count). The zero-order chi connectivity index (χ0) is 14.5. The molecule has 0 atom stereocenters. The summed E-state index contributed by atoms with van der Waals surface area (Å²) in [7, 11) is 1.80. The molecule has 0 saturated heterocycles. The van der Waals surface area contributed by atoms with Crippen LogP contribution < -0.4 is 10.2 Å². The second kappa shape index (κ2) is 6.50. The molecule has 2 aromatic rings. The topological polar surface area (TPSA) is 32.3 Å². The molecule has 0 aromatic heterocycles. The Labute approximate surface area is 128 Å². The van der Waals surface area contributed by atoms with E-state index in [1.165, 1.54) is 0 Å². The molecular formula is C15H13ClN2OS. The Hall–Kier alpha value is -1.91. The molecule has 0 aliphatic carbocycles. The summed E-state index contributed by atoms with van der Waals surface area (Å²) < 4.78 is 0. The lowest BCUT2D eigenvalue weighted by Crippen LogP contribution is -2.40. The van der Waals surface area contributed by atoms with Crippen molar-refractivity contribution in [1.29, 1.82) is 0 Å². The maximum absolute atomic E-state index is 12.1. The van der Waals surface area contributed by atoms with E-state index in [1.54, 1.807) is 36.2 Å². The number of para-hydroxylation sites is 1. The lowest BCUT2D eigenvalue weighted by molar-refractivity contribution is 0.0977. The van der Waals surface area contributed by atoms with Crippen LogP contribution in [0.4, 0.5) is 5.69 Å². The van der Waals surface area contributed by atoms with Crippen molar-refractivity contribution >= 4 is 40.5 Å². The Bertz CT molecular complexity index is 631. The molecule has 3 nitrogen and oxygen atoms in total. The molecule has 0 unspecified atom stereocenters. The number of halogens is 1. The van der Waals surface area contributed by atoms with E-state index in [-0.39, 0.29) is 5.91 Å². The molecule has 5 heteroatoms. The summed E-state index contributed by atoms with van der Waals surface area (Å²) in [6.45, 7) is 0. The summed E-state index contributed by atoms with van der Waals surface area (Å²) in [5, 5.41) is 3.39. The van der Waals surface area contributed by atoms with Crippen LogP contribution in [0.5, 0.6) is 0 Å². The molecule has 1 N–H and O–H groups in total. The highest BCUT2D eigenvalue weighted by atomic mass is 35.5. The van der Waals surface area contributed by atoms with Crippen LogP contribution in [0.15, 0.2) is 54.6 Å². The molecule has 0 radical (unpaired) electrons. The highest BCUT2D eigenvalue weighted by Crippen LogP contribution is 2.15. The molecule has 0 spiro atoms. The van der Waals surface area contributed by atoms with E-state index >= 15 is 0 Å². The summed E-state index contributed by atoms with van der Waals surface area (Å²) >= 11 is 11.2. The van der Waals surface area contributed by atoms with Crippen molar-refractivity contribution in [2.75, 3.05) is 11.9 Å². The third kappa shape index (κ3) is 3.35. The molecule has 20 heavy (non-hydrogen) atoms. The summed E-state index contributed by atoms with van der Waals surface area (Å²) in [5.41, 5.74) is 1.30. The first-order valence-corrected chi connectivity index (χ1v) is 6.77. The van der Waals surface area contributed by atoms with Gasteiger partial charge in [-0.25, -0.2) is 0 Å². The van der Waals surface area contributed by atoms with Crippen molar-refractivity contribution in [1.82, 2.24) is 5.32 Å². The fourth-order valence-electron chi connectivity index (χ4n) is 1.66. The molecule has 0 bridgehead atoms. The van der Waals surface area contributed by atoms with Crippen LogP contribution in [0.25, 0.3) is 0 Å². The van der Waals surface area contributed by atoms with Crippen LogP contribution in [0.3, 0.4) is 0 Å². The molecule has 0 aliphatic rings. The molecule has 0 saturated carbocycles. The van der Waals surface area contributed by atoms with E-state index in [2.05, 4.69) is 5.32 Å². The van der Waals surface area contributed by atoms with Gasteiger partial charge in [-0.2, -0.15) is 0 Å². The summed E-state index contributed by atoms with van der Waals surface area (Å²) in [6.07, 6.45) is 0. The number of hydrogen-bond donors (Lipinski definition) is 1. The smallest absolute Gasteiger partial charge is 0.258 e. The van der Waals surface area contributed by atoms with Gasteiger partial charge in [0.25, 0.3) is 5.91 Å². The maximum Gasteiger partial charge on any atom is 0.258 e. The van der Waals surface area contributed by atoms with Gasteiger partial charge in [0.05, 0.1) is 10.6 Å². The monoisotopic (exact) mass is 304 g/mol. The number of benzene rings is 2. The first-order valence-electron chi connectivity index (χ1n) is 5.98. The molecule has 0 fully saturated rings. The molecule has 2 aromatic carbocycles. The average molecular weight is 305 g/mol. The van der Waals surface area contributed by atoms with Crippen molar-refractivity contribution in [3.63, 3.8) is 0 Å². The number of amides is 1. The molecule has 1 amide bonds. The standard InChI is InChI=1S/C15H13ClN2OS/c1-18(11-7-3-2-4-8-11)15(20)17-14(19)12-9-5-6-10-13(12)16/h2-10H,1H3,(H,17,19,20). The van der Waals surface area contributed by atoms with Crippen molar-refractivity contribution < 1.29 is 4.79 Å². The number of carbonyl (C=O) groups is 1. The third-order valence-electron chi connectivity index (χ3n) is 2.79. The number of anilines is 1. The highest BCUT2D eigenvalue weighted by Gasteiger charge is 2.14. The fraction of sp³-hybridized carbons (Fsp3) is 0.0667. The summed E-state index contributed by atoms with van der Waals surface area (Å²) in [5.74, 6) is -0.316. The molecule has 0 aliphatic heterocycles. The lowest BCUT2D eigenvalue weighted by atomic mass is 10.2. The minimum Gasteiger partial charge on any atom is -0.322 e. The van der Waals surface area contributed by atoms with Gasteiger partial charge in [-0.05, 0) is 36.5 Å². The Morgan fingerprint density at radius 3 is 2.35 bits per heavy atom. The minimum atomic E-state index is -0.316. The van der Waals surface area contributed by atoms with Crippen molar-refractivity contribution in [3.8, 4) is 0 Å². The lowest BCUT2D eigenvalue weighted by Gasteiger charge is -2.20. The van der Waals surface area contributed by atoms with E-state index in [0.717, 1.165) is 5.69 Å². The van der Waals surface area contributed by atoms with Gasteiger partial charge < -0.3 is 4.90 Å². The van der Waals surface area contributed by atoms with Crippen molar-refractivity contribution in [3.05, 3.63) is 65.2 Å². The third-order valence-corrected chi connectivity index (χ3v) is 3.49. The van der Waals surface area contributed by atoms with E-state index in [0.29, 0.717) is 15.7 Å². The second-order valence-corrected chi connectivity index (χ2v) is 4.93. The number of nitrogens with one attached hydrogen (secondary N) is 1. The van der Waals surface area contributed by atoms with Crippen LogP contribution in [0.1, 0.15) is 10.4 Å². The zero-order valence-corrected chi connectivity index (χ0v) is 12.4. The van der Waals surface area contributed by atoms with Crippen LogP contribution in [0.2, 0.25) is 5.02 Å². The van der Waals surface area contributed by atoms with E-state index in [4.69, 9.17) is 23.8 Å². The SMILES string of the molecule is CN(C(=S)NC(=O)c1ccccc1Cl)c1ccccc1. The average Bonchev–Trinajstić information content (AvgIpc) is 2.47. The highest BCUT2D eigenvalue weighted by molar-refractivity contribution is 7.80. The van der Waals surface area contributed by atoms with Gasteiger partial charge in [-0.3, -0.25) is 10.1 Å². The van der Waals surface area contributed by atoms with Crippen molar-refractivity contribution in [2.45, 2.75) is 0 Å². The predicted molar refractivity (Wildman–Crippen MR) is 86.4 cm³/mol. The van der Waals surface area contributed by atoms with E-state index in [9.17, 15) is 4.79 Å². The fourth-order valence-corrected chi connectivity index (χ4v) is 2.08. The normalized spacial score (nSPS) is 9.90. The number of thiocarbonyl (C=S) groups is 1. The molecular weight excluding hydrogens is 292 g/mol. The van der Waals surface area contributed by atoms with Gasteiger partial charge in [0.1, 0.15) is 0 Å². The number of rotatable bonds is 2. The Morgan fingerprint density at radius 2 is 1.70 bits per heavy atom. The Balaban J connectivity index is 2.09. The van der Waals surface area contributed by atoms with Crippen LogP contribution in [-0.2, 0) is 0 Å². The maximum atomic E-state index is 12.1. The first kappa shape index (κ1) is 14.5. The van der Waals surface area contributed by atoms with Crippen LogP contribution >= 0.6 is 23.8 Å². The van der Waals surface area contributed by atoms with Gasteiger partial charge >= 0.3 is 0 Å². The Kier molecular flexibility index (Phi) is 4.71. The zero-order valence-electron chi connectivity index (χ0n) is 10.8. The minimum absolute atomic E-state index is 0.316. The van der Waals surface area contributed by atoms with E-state index in [1.807, 2.05) is 30.3 Å². The van der Waals surface area contributed by atoms with E-state index < -0.39 is 0 Å². The quantitative estimate of drug-likeness (QED) is 0.862. The largest absolute Gasteiger partial charge is 0.322 e. The van der Waals surface area contributed by atoms with Crippen LogP contribution in [0, 0.1) is 0 Å². The number of carbonyl (C=O) groups excluding carboxylic acids is 1. The number of hydrogen-bond acceptors (Lipinski definition) is 2. The molecule has 102 valence electrons. The number of nitrogens with zero attached hydrogens (tertiary/aromatic N) is 1. The summed E-state index contributed by atoms with van der Waals surface area (Å²) in [4.78, 5) is 13.8. The molecule has 0 heterocycles. The van der Waals surface area contributed by atoms with Crippen LogP contribution in [-0.4, -0.2) is 18.1 Å². The Morgan fingerprint density at radius 1 is 1.10 bits per heavy atom. The van der Waals surface area contributed by atoms with Crippen molar-refractivity contribution in [2.24, 2.45) is 0 Å². The van der Waals surface area contributed by atoms with Gasteiger partial charge in [0, 0.05) is 12.7 Å². The second-order valence-electron chi connectivity index (χ2n) is 4.13.